The first kappa shape index (κ1) is 13.9. The van der Waals surface area contributed by atoms with Crippen molar-refractivity contribution in [3.8, 4) is 0 Å². The maximum Gasteiger partial charge on any atom is 0.0408 e. The lowest BCUT2D eigenvalue weighted by Crippen LogP contribution is -2.56. The van der Waals surface area contributed by atoms with Crippen molar-refractivity contribution in [3.05, 3.63) is 28.2 Å². The van der Waals surface area contributed by atoms with Gasteiger partial charge in [-0.15, -0.1) is 0 Å². The van der Waals surface area contributed by atoms with E-state index in [4.69, 9.17) is 0 Å². The number of benzene rings is 1. The molecular formula is C15H23BrN2. The van der Waals surface area contributed by atoms with E-state index < -0.39 is 0 Å². The molecule has 1 aliphatic heterocycles. The minimum atomic E-state index is 0.304. The van der Waals surface area contributed by atoms with Gasteiger partial charge in [0.2, 0.25) is 0 Å². The summed E-state index contributed by atoms with van der Waals surface area (Å²) in [4.78, 5) is 2.51. The molecular weight excluding hydrogens is 288 g/mol. The zero-order valence-electron chi connectivity index (χ0n) is 11.8. The van der Waals surface area contributed by atoms with Gasteiger partial charge < -0.3 is 10.2 Å². The van der Waals surface area contributed by atoms with Gasteiger partial charge in [0.15, 0.2) is 0 Å². The van der Waals surface area contributed by atoms with Gasteiger partial charge in [0.25, 0.3) is 0 Å². The third-order valence-corrected chi connectivity index (χ3v) is 4.23. The Bertz CT molecular complexity index is 423. The van der Waals surface area contributed by atoms with E-state index in [1.165, 1.54) is 11.3 Å². The number of aryl methyl sites for hydroxylation is 1. The lowest BCUT2D eigenvalue weighted by molar-refractivity contribution is 0.254. The summed E-state index contributed by atoms with van der Waals surface area (Å²) in [6.07, 6.45) is 0. The van der Waals surface area contributed by atoms with E-state index in [-0.39, 0.29) is 0 Å². The van der Waals surface area contributed by atoms with Gasteiger partial charge >= 0.3 is 0 Å². The smallest absolute Gasteiger partial charge is 0.0408 e. The van der Waals surface area contributed by atoms with Gasteiger partial charge in [0, 0.05) is 35.8 Å². The Kier molecular flexibility index (Phi) is 4.02. The van der Waals surface area contributed by atoms with Crippen molar-refractivity contribution in [2.75, 3.05) is 24.5 Å². The molecule has 1 N–H and O–H groups in total. The maximum atomic E-state index is 3.64. The number of hydrogen-bond donors (Lipinski definition) is 1. The number of rotatable bonds is 1. The van der Waals surface area contributed by atoms with Crippen LogP contribution in [0, 0.1) is 12.3 Å². The highest BCUT2D eigenvalue weighted by Crippen LogP contribution is 2.28. The predicted octanol–water partition coefficient (Wildman–Crippen LogP) is 3.58. The highest BCUT2D eigenvalue weighted by atomic mass is 79.9. The van der Waals surface area contributed by atoms with Crippen LogP contribution >= 0.6 is 15.9 Å². The fourth-order valence-electron chi connectivity index (χ4n) is 2.47. The molecule has 1 heterocycles. The largest absolute Gasteiger partial charge is 0.368 e. The zero-order chi connectivity index (χ0) is 13.3. The Morgan fingerprint density at radius 1 is 1.33 bits per heavy atom. The molecule has 18 heavy (non-hydrogen) atoms. The maximum absolute atomic E-state index is 3.64. The minimum absolute atomic E-state index is 0.304. The molecule has 0 spiro atoms. The lowest BCUT2D eigenvalue weighted by atomic mass is 9.85. The summed E-state index contributed by atoms with van der Waals surface area (Å²) in [7, 11) is 0. The average molecular weight is 311 g/mol. The second-order valence-electron chi connectivity index (χ2n) is 6.25. The van der Waals surface area contributed by atoms with E-state index in [1.54, 1.807) is 0 Å². The first-order chi connectivity index (χ1) is 8.38. The molecule has 0 radical (unpaired) electrons. The summed E-state index contributed by atoms with van der Waals surface area (Å²) in [5.41, 5.74) is 3.02. The fourth-order valence-corrected chi connectivity index (χ4v) is 2.82. The molecule has 0 aliphatic carbocycles. The van der Waals surface area contributed by atoms with Crippen LogP contribution in [-0.4, -0.2) is 25.7 Å². The SMILES string of the molecule is Cc1ccc(Br)cc1N1CCNC(C(C)(C)C)C1. The van der Waals surface area contributed by atoms with Crippen LogP contribution in [0.2, 0.25) is 0 Å². The Morgan fingerprint density at radius 2 is 2.06 bits per heavy atom. The van der Waals surface area contributed by atoms with Crippen LogP contribution in [0.3, 0.4) is 0 Å². The minimum Gasteiger partial charge on any atom is -0.368 e. The van der Waals surface area contributed by atoms with Crippen LogP contribution < -0.4 is 10.2 Å². The summed E-state index contributed by atoms with van der Waals surface area (Å²) in [6, 6.07) is 7.08. The van der Waals surface area contributed by atoms with E-state index in [0.29, 0.717) is 11.5 Å². The first-order valence-corrected chi connectivity index (χ1v) is 7.42. The quantitative estimate of drug-likeness (QED) is 0.853. The number of nitrogens with one attached hydrogen (secondary N) is 1. The van der Waals surface area contributed by atoms with Crippen LogP contribution in [0.5, 0.6) is 0 Å². The predicted molar refractivity (Wildman–Crippen MR) is 82.3 cm³/mol. The molecule has 1 aromatic rings. The summed E-state index contributed by atoms with van der Waals surface area (Å²) in [5.74, 6) is 0. The molecule has 0 bridgehead atoms. The van der Waals surface area contributed by atoms with Crippen molar-refractivity contribution < 1.29 is 0 Å². The van der Waals surface area contributed by atoms with Crippen LogP contribution in [0.1, 0.15) is 26.3 Å². The normalized spacial score (nSPS) is 21.2. The Morgan fingerprint density at radius 3 is 2.72 bits per heavy atom. The molecule has 1 unspecified atom stereocenters. The van der Waals surface area contributed by atoms with Crippen molar-refractivity contribution in [1.29, 1.82) is 0 Å². The van der Waals surface area contributed by atoms with Crippen LogP contribution in [0.25, 0.3) is 0 Å². The van der Waals surface area contributed by atoms with Crippen molar-refractivity contribution in [2.45, 2.75) is 33.7 Å². The highest BCUT2D eigenvalue weighted by Gasteiger charge is 2.29. The van der Waals surface area contributed by atoms with Gasteiger partial charge in [-0.3, -0.25) is 0 Å². The molecule has 0 amide bonds. The Balaban J connectivity index is 2.21. The van der Waals surface area contributed by atoms with E-state index in [9.17, 15) is 0 Å². The highest BCUT2D eigenvalue weighted by molar-refractivity contribution is 9.10. The van der Waals surface area contributed by atoms with Crippen molar-refractivity contribution in [1.82, 2.24) is 5.32 Å². The van der Waals surface area contributed by atoms with Gasteiger partial charge in [0.05, 0.1) is 0 Å². The van der Waals surface area contributed by atoms with Crippen molar-refractivity contribution in [3.63, 3.8) is 0 Å². The van der Waals surface area contributed by atoms with Crippen LogP contribution in [-0.2, 0) is 0 Å². The molecule has 1 aromatic carbocycles. The second kappa shape index (κ2) is 5.22. The first-order valence-electron chi connectivity index (χ1n) is 6.62. The molecule has 1 saturated heterocycles. The molecule has 100 valence electrons. The monoisotopic (exact) mass is 310 g/mol. The van der Waals surface area contributed by atoms with Crippen LogP contribution in [0.4, 0.5) is 5.69 Å². The molecule has 2 nitrogen and oxygen atoms in total. The third kappa shape index (κ3) is 3.07. The Labute approximate surface area is 119 Å². The van der Waals surface area contributed by atoms with E-state index in [1.807, 2.05) is 0 Å². The van der Waals surface area contributed by atoms with Gasteiger partial charge in [-0.1, -0.05) is 42.8 Å². The van der Waals surface area contributed by atoms with Gasteiger partial charge in [0.1, 0.15) is 0 Å². The van der Waals surface area contributed by atoms with E-state index >= 15 is 0 Å². The lowest BCUT2D eigenvalue weighted by Gasteiger charge is -2.42. The molecule has 0 aromatic heterocycles. The average Bonchev–Trinajstić information content (AvgIpc) is 2.31. The number of hydrogen-bond acceptors (Lipinski definition) is 2. The van der Waals surface area contributed by atoms with Gasteiger partial charge in [-0.05, 0) is 30.0 Å². The summed E-state index contributed by atoms with van der Waals surface area (Å²) >= 11 is 3.58. The van der Waals surface area contributed by atoms with Gasteiger partial charge in [-0.25, -0.2) is 0 Å². The number of halogens is 1. The summed E-state index contributed by atoms with van der Waals surface area (Å²) in [5, 5.41) is 3.64. The standard InChI is InChI=1S/C15H23BrN2/c1-11-5-6-12(16)9-13(11)18-8-7-17-14(10-18)15(2,3)4/h5-6,9,14,17H,7-8,10H2,1-4H3. The van der Waals surface area contributed by atoms with Gasteiger partial charge in [-0.2, -0.15) is 0 Å². The molecule has 2 rings (SSSR count). The molecule has 3 heteroatoms. The zero-order valence-corrected chi connectivity index (χ0v) is 13.3. The molecule has 1 atom stereocenters. The summed E-state index contributed by atoms with van der Waals surface area (Å²) in [6.45, 7) is 12.3. The molecule has 1 fully saturated rings. The fraction of sp³-hybridized carbons (Fsp3) is 0.600. The van der Waals surface area contributed by atoms with E-state index in [2.05, 4.69) is 72.0 Å². The number of nitrogens with zero attached hydrogens (tertiary/aromatic N) is 1. The summed E-state index contributed by atoms with van der Waals surface area (Å²) < 4.78 is 1.16. The Hall–Kier alpha value is -0.540. The van der Waals surface area contributed by atoms with E-state index in [0.717, 1.165) is 24.1 Å². The molecule has 0 saturated carbocycles. The van der Waals surface area contributed by atoms with Crippen LogP contribution in [0.15, 0.2) is 22.7 Å². The third-order valence-electron chi connectivity index (χ3n) is 3.73. The van der Waals surface area contributed by atoms with Crippen molar-refractivity contribution in [2.24, 2.45) is 5.41 Å². The number of anilines is 1. The topological polar surface area (TPSA) is 15.3 Å². The number of piperazine rings is 1. The molecule has 1 aliphatic rings. The van der Waals surface area contributed by atoms with Crippen molar-refractivity contribution >= 4 is 21.6 Å². The second-order valence-corrected chi connectivity index (χ2v) is 7.17.